The summed E-state index contributed by atoms with van der Waals surface area (Å²) in [6.45, 7) is 0. The molecule has 1 aromatic heterocycles. The van der Waals surface area contributed by atoms with Crippen LogP contribution in [0.5, 0.6) is 5.75 Å². The Morgan fingerprint density at radius 3 is 2.50 bits per heavy atom. The zero-order valence-corrected chi connectivity index (χ0v) is 13.2. The molecule has 22 heavy (non-hydrogen) atoms. The van der Waals surface area contributed by atoms with Crippen molar-refractivity contribution in [3.8, 4) is 17.0 Å². The van der Waals surface area contributed by atoms with Crippen LogP contribution in [-0.4, -0.2) is 12.1 Å². The van der Waals surface area contributed by atoms with E-state index in [4.69, 9.17) is 15.5 Å². The van der Waals surface area contributed by atoms with E-state index in [1.54, 1.807) is 18.4 Å². The Bertz CT molecular complexity index is 722. The van der Waals surface area contributed by atoms with Crippen molar-refractivity contribution in [3.63, 3.8) is 0 Å². The zero-order valence-electron chi connectivity index (χ0n) is 12.4. The second-order valence-corrected chi connectivity index (χ2v) is 6.02. The van der Waals surface area contributed by atoms with E-state index in [1.165, 1.54) is 0 Å². The average molecular weight is 310 g/mol. The van der Waals surface area contributed by atoms with Crippen molar-refractivity contribution in [2.24, 2.45) is 5.73 Å². The van der Waals surface area contributed by atoms with E-state index in [1.807, 2.05) is 42.5 Å². The summed E-state index contributed by atoms with van der Waals surface area (Å²) in [6.07, 6.45) is 0.740. The first-order chi connectivity index (χ1) is 10.8. The number of thiazole rings is 1. The van der Waals surface area contributed by atoms with Gasteiger partial charge in [0.05, 0.1) is 17.8 Å². The zero-order chi connectivity index (χ0) is 15.4. The number of hydrogen-bond donors (Lipinski definition) is 1. The molecule has 4 heteroatoms. The fraction of sp³-hybridized carbons (Fsp3) is 0.167. The van der Waals surface area contributed by atoms with E-state index < -0.39 is 0 Å². The van der Waals surface area contributed by atoms with E-state index in [2.05, 4.69) is 17.5 Å². The minimum Gasteiger partial charge on any atom is -0.497 e. The van der Waals surface area contributed by atoms with Crippen molar-refractivity contribution in [1.82, 2.24) is 4.98 Å². The second-order valence-electron chi connectivity index (χ2n) is 5.08. The minimum absolute atomic E-state index is 0.0549. The number of aromatic nitrogens is 1. The quantitative estimate of drug-likeness (QED) is 0.773. The molecule has 0 spiro atoms. The van der Waals surface area contributed by atoms with Crippen LogP contribution in [0.1, 0.15) is 16.6 Å². The Labute approximate surface area is 134 Å². The molecule has 2 N–H and O–H groups in total. The summed E-state index contributed by atoms with van der Waals surface area (Å²) in [6, 6.07) is 18.0. The highest BCUT2D eigenvalue weighted by atomic mass is 32.1. The minimum atomic E-state index is -0.0549. The van der Waals surface area contributed by atoms with Crippen LogP contribution in [0, 0.1) is 0 Å². The molecule has 0 amide bonds. The highest BCUT2D eigenvalue weighted by Gasteiger charge is 2.11. The van der Waals surface area contributed by atoms with Crippen molar-refractivity contribution in [1.29, 1.82) is 0 Å². The molecule has 1 atom stereocenters. The summed E-state index contributed by atoms with van der Waals surface area (Å²) >= 11 is 1.66. The van der Waals surface area contributed by atoms with Gasteiger partial charge in [0, 0.05) is 23.4 Å². The van der Waals surface area contributed by atoms with Crippen LogP contribution in [-0.2, 0) is 6.42 Å². The number of hydrogen-bond acceptors (Lipinski definition) is 4. The third kappa shape index (κ3) is 3.35. The largest absolute Gasteiger partial charge is 0.497 e. The van der Waals surface area contributed by atoms with Crippen LogP contribution in [0.25, 0.3) is 11.3 Å². The third-order valence-electron chi connectivity index (χ3n) is 3.56. The monoisotopic (exact) mass is 310 g/mol. The molecule has 1 heterocycles. The van der Waals surface area contributed by atoms with Gasteiger partial charge in [-0.05, 0) is 17.7 Å². The SMILES string of the molecule is COc1ccc(C(N)Cc2nc(-c3ccccc3)cs2)cc1. The van der Waals surface area contributed by atoms with Crippen LogP contribution in [0.3, 0.4) is 0 Å². The number of ether oxygens (including phenoxy) is 1. The first-order valence-corrected chi connectivity index (χ1v) is 8.03. The summed E-state index contributed by atoms with van der Waals surface area (Å²) in [4.78, 5) is 4.69. The predicted molar refractivity (Wildman–Crippen MR) is 91.2 cm³/mol. The van der Waals surface area contributed by atoms with Gasteiger partial charge in [-0.15, -0.1) is 11.3 Å². The van der Waals surface area contributed by atoms with Crippen LogP contribution >= 0.6 is 11.3 Å². The van der Waals surface area contributed by atoms with Gasteiger partial charge in [0.2, 0.25) is 0 Å². The van der Waals surface area contributed by atoms with Gasteiger partial charge >= 0.3 is 0 Å². The molecule has 3 aromatic rings. The highest BCUT2D eigenvalue weighted by Crippen LogP contribution is 2.25. The Morgan fingerprint density at radius 2 is 1.82 bits per heavy atom. The standard InChI is InChI=1S/C18H18N2OS/c1-21-15-9-7-13(8-10-15)16(19)11-18-20-17(12-22-18)14-5-3-2-4-6-14/h2-10,12,16H,11,19H2,1H3. The Morgan fingerprint density at radius 1 is 1.09 bits per heavy atom. The molecular formula is C18H18N2OS. The maximum atomic E-state index is 6.29. The number of methoxy groups -OCH3 is 1. The lowest BCUT2D eigenvalue weighted by atomic mass is 10.1. The summed E-state index contributed by atoms with van der Waals surface area (Å²) in [5.41, 5.74) is 9.54. The van der Waals surface area contributed by atoms with Gasteiger partial charge in [0.25, 0.3) is 0 Å². The molecule has 0 saturated carbocycles. The van der Waals surface area contributed by atoms with E-state index in [0.29, 0.717) is 0 Å². The summed E-state index contributed by atoms with van der Waals surface area (Å²) in [5.74, 6) is 0.844. The smallest absolute Gasteiger partial charge is 0.118 e. The van der Waals surface area contributed by atoms with Crippen LogP contribution in [0.2, 0.25) is 0 Å². The maximum absolute atomic E-state index is 6.29. The van der Waals surface area contributed by atoms with Crippen molar-refractivity contribution in [2.75, 3.05) is 7.11 Å². The number of nitrogens with zero attached hydrogens (tertiary/aromatic N) is 1. The Kier molecular flexibility index (Phi) is 4.51. The normalized spacial score (nSPS) is 12.1. The Hall–Kier alpha value is -2.17. The van der Waals surface area contributed by atoms with Crippen LogP contribution < -0.4 is 10.5 Å². The van der Waals surface area contributed by atoms with Crippen molar-refractivity contribution in [3.05, 3.63) is 70.5 Å². The van der Waals surface area contributed by atoms with Crippen molar-refractivity contribution in [2.45, 2.75) is 12.5 Å². The van der Waals surface area contributed by atoms with Gasteiger partial charge in [-0.25, -0.2) is 4.98 Å². The van der Waals surface area contributed by atoms with Gasteiger partial charge in [0.15, 0.2) is 0 Å². The molecule has 0 fully saturated rings. The number of rotatable bonds is 5. The van der Waals surface area contributed by atoms with Crippen molar-refractivity contribution >= 4 is 11.3 Å². The average Bonchev–Trinajstić information content (AvgIpc) is 3.04. The van der Waals surface area contributed by atoms with Gasteiger partial charge < -0.3 is 10.5 Å². The van der Waals surface area contributed by atoms with Crippen molar-refractivity contribution < 1.29 is 4.74 Å². The third-order valence-corrected chi connectivity index (χ3v) is 4.43. The predicted octanol–water partition coefficient (Wildman–Crippen LogP) is 4.06. The molecule has 0 saturated heterocycles. The van der Waals surface area contributed by atoms with E-state index >= 15 is 0 Å². The van der Waals surface area contributed by atoms with E-state index in [9.17, 15) is 0 Å². The molecule has 2 aromatic carbocycles. The molecular weight excluding hydrogens is 292 g/mol. The van der Waals surface area contributed by atoms with Gasteiger partial charge in [-0.1, -0.05) is 42.5 Å². The summed E-state index contributed by atoms with van der Waals surface area (Å²) in [7, 11) is 1.66. The maximum Gasteiger partial charge on any atom is 0.118 e. The topological polar surface area (TPSA) is 48.1 Å². The molecule has 3 nitrogen and oxygen atoms in total. The highest BCUT2D eigenvalue weighted by molar-refractivity contribution is 7.09. The molecule has 0 bridgehead atoms. The van der Waals surface area contributed by atoms with E-state index in [-0.39, 0.29) is 6.04 Å². The number of benzene rings is 2. The lowest BCUT2D eigenvalue weighted by Crippen LogP contribution is -2.13. The first-order valence-electron chi connectivity index (χ1n) is 7.15. The fourth-order valence-electron chi connectivity index (χ4n) is 2.30. The first kappa shape index (κ1) is 14.8. The Balaban J connectivity index is 1.71. The fourth-order valence-corrected chi connectivity index (χ4v) is 3.17. The van der Waals surface area contributed by atoms with Crippen LogP contribution in [0.15, 0.2) is 60.0 Å². The summed E-state index contributed by atoms with van der Waals surface area (Å²) < 4.78 is 5.17. The summed E-state index contributed by atoms with van der Waals surface area (Å²) in [5, 5.41) is 3.15. The van der Waals surface area contributed by atoms with Gasteiger partial charge in [0.1, 0.15) is 5.75 Å². The molecule has 0 radical (unpaired) electrons. The molecule has 112 valence electrons. The molecule has 0 aliphatic heterocycles. The van der Waals surface area contributed by atoms with Crippen LogP contribution in [0.4, 0.5) is 0 Å². The molecule has 1 unspecified atom stereocenters. The lowest BCUT2D eigenvalue weighted by molar-refractivity contribution is 0.414. The lowest BCUT2D eigenvalue weighted by Gasteiger charge is -2.10. The number of nitrogens with two attached hydrogens (primary N) is 1. The van der Waals surface area contributed by atoms with Gasteiger partial charge in [-0.3, -0.25) is 0 Å². The second kappa shape index (κ2) is 6.73. The molecule has 0 aliphatic rings. The van der Waals surface area contributed by atoms with E-state index in [0.717, 1.165) is 34.0 Å². The molecule has 0 aliphatic carbocycles. The van der Waals surface area contributed by atoms with Gasteiger partial charge in [-0.2, -0.15) is 0 Å². The molecule has 3 rings (SSSR count).